The summed E-state index contributed by atoms with van der Waals surface area (Å²) in [7, 11) is 0. The van der Waals surface area contributed by atoms with Crippen molar-refractivity contribution in [3.63, 3.8) is 0 Å². The van der Waals surface area contributed by atoms with E-state index in [1.54, 1.807) is 18.3 Å². The number of carbonyl (C=O) groups excluding carboxylic acids is 1. The highest BCUT2D eigenvalue weighted by atomic mass is 35.5. The highest BCUT2D eigenvalue weighted by Gasteiger charge is 2.23. The molecule has 0 unspecified atom stereocenters. The maximum absolute atomic E-state index is 12.0. The predicted molar refractivity (Wildman–Crippen MR) is 100 cm³/mol. The van der Waals surface area contributed by atoms with Crippen LogP contribution >= 0.6 is 11.6 Å². The van der Waals surface area contributed by atoms with Gasteiger partial charge in [-0.15, -0.1) is 0 Å². The number of halogens is 1. The van der Waals surface area contributed by atoms with Gasteiger partial charge in [-0.25, -0.2) is 4.98 Å². The van der Waals surface area contributed by atoms with Gasteiger partial charge in [-0.3, -0.25) is 4.79 Å². The highest BCUT2D eigenvalue weighted by Crippen LogP contribution is 2.23. The Labute approximate surface area is 158 Å². The smallest absolute Gasteiger partial charge is 0.246 e. The van der Waals surface area contributed by atoms with Crippen molar-refractivity contribution in [3.05, 3.63) is 59.2 Å². The molecule has 1 saturated carbocycles. The molecule has 0 spiro atoms. The van der Waals surface area contributed by atoms with E-state index >= 15 is 0 Å². The third kappa shape index (κ3) is 6.00. The zero-order valence-electron chi connectivity index (χ0n) is 14.6. The van der Waals surface area contributed by atoms with Gasteiger partial charge < -0.3 is 14.8 Å². The lowest BCUT2D eigenvalue weighted by Crippen LogP contribution is -2.41. The first-order valence-corrected chi connectivity index (χ1v) is 9.26. The van der Waals surface area contributed by atoms with Crippen LogP contribution in [0.3, 0.4) is 0 Å². The van der Waals surface area contributed by atoms with E-state index in [4.69, 9.17) is 21.1 Å². The fourth-order valence-electron chi connectivity index (χ4n) is 3.03. The van der Waals surface area contributed by atoms with Gasteiger partial charge in [0.15, 0.2) is 0 Å². The Morgan fingerprint density at radius 2 is 1.88 bits per heavy atom. The van der Waals surface area contributed by atoms with Crippen LogP contribution < -0.4 is 10.1 Å². The molecule has 1 fully saturated rings. The van der Waals surface area contributed by atoms with Gasteiger partial charge in [0.05, 0.1) is 11.6 Å². The van der Waals surface area contributed by atoms with Crippen LogP contribution in [0.2, 0.25) is 5.02 Å². The van der Waals surface area contributed by atoms with Crippen LogP contribution in [-0.2, 0) is 16.1 Å². The van der Waals surface area contributed by atoms with Crippen molar-refractivity contribution in [3.8, 4) is 5.88 Å². The van der Waals surface area contributed by atoms with Gasteiger partial charge in [0, 0.05) is 18.3 Å². The molecule has 3 rings (SSSR count). The van der Waals surface area contributed by atoms with E-state index in [9.17, 15) is 4.79 Å². The van der Waals surface area contributed by atoms with Crippen LogP contribution in [0.15, 0.2) is 48.7 Å². The largest absolute Gasteiger partial charge is 0.474 e. The average molecular weight is 375 g/mol. The number of rotatable bonds is 7. The van der Waals surface area contributed by atoms with E-state index < -0.39 is 0 Å². The number of amides is 1. The van der Waals surface area contributed by atoms with E-state index in [1.165, 1.54) is 0 Å². The van der Waals surface area contributed by atoms with Crippen molar-refractivity contribution in [2.24, 2.45) is 0 Å². The maximum Gasteiger partial charge on any atom is 0.246 e. The predicted octanol–water partition coefficient (Wildman–Crippen LogP) is 3.76. The Kier molecular flexibility index (Phi) is 6.86. The first-order chi connectivity index (χ1) is 12.7. The minimum Gasteiger partial charge on any atom is -0.474 e. The fraction of sp³-hybridized carbons (Fsp3) is 0.400. The molecule has 1 amide bonds. The van der Waals surface area contributed by atoms with Crippen molar-refractivity contribution in [2.75, 3.05) is 6.61 Å². The molecule has 0 saturated heterocycles. The molecule has 138 valence electrons. The molecule has 2 aromatic rings. The molecule has 1 N–H and O–H groups in total. The molecule has 1 aliphatic rings. The summed E-state index contributed by atoms with van der Waals surface area (Å²) >= 11 is 5.82. The van der Waals surface area contributed by atoms with Gasteiger partial charge in [-0.2, -0.15) is 0 Å². The minimum atomic E-state index is -0.0651. The number of benzene rings is 1. The van der Waals surface area contributed by atoms with Crippen molar-refractivity contribution in [1.29, 1.82) is 0 Å². The molecule has 1 heterocycles. The minimum absolute atomic E-state index is 0.0651. The second-order valence-corrected chi connectivity index (χ2v) is 6.89. The van der Waals surface area contributed by atoms with Crippen LogP contribution in [0.1, 0.15) is 31.2 Å². The van der Waals surface area contributed by atoms with Crippen molar-refractivity contribution >= 4 is 17.5 Å². The van der Waals surface area contributed by atoms with Crippen molar-refractivity contribution in [2.45, 2.75) is 44.4 Å². The number of carbonyl (C=O) groups is 1. The molecule has 26 heavy (non-hydrogen) atoms. The summed E-state index contributed by atoms with van der Waals surface area (Å²) in [4.78, 5) is 16.2. The lowest BCUT2D eigenvalue weighted by Gasteiger charge is -2.29. The monoisotopic (exact) mass is 374 g/mol. The summed E-state index contributed by atoms with van der Waals surface area (Å²) in [6.45, 7) is 0.531. The zero-order chi connectivity index (χ0) is 18.2. The quantitative estimate of drug-likeness (QED) is 0.801. The molecule has 0 atom stereocenters. The zero-order valence-corrected chi connectivity index (χ0v) is 15.3. The molecular formula is C20H23ClN2O3. The number of ether oxygens (including phenoxy) is 2. The molecule has 0 radical (unpaired) electrons. The van der Waals surface area contributed by atoms with Crippen molar-refractivity contribution in [1.82, 2.24) is 10.3 Å². The number of hydrogen-bond donors (Lipinski definition) is 1. The molecule has 1 aliphatic carbocycles. The van der Waals surface area contributed by atoms with E-state index in [0.717, 1.165) is 31.2 Å². The topological polar surface area (TPSA) is 60.5 Å². The van der Waals surface area contributed by atoms with E-state index in [-0.39, 0.29) is 24.7 Å². The third-order valence-electron chi connectivity index (χ3n) is 4.37. The number of nitrogens with zero attached hydrogens (tertiary/aromatic N) is 1. The van der Waals surface area contributed by atoms with Gasteiger partial charge >= 0.3 is 0 Å². The fourth-order valence-corrected chi connectivity index (χ4v) is 3.14. The molecular weight excluding hydrogens is 352 g/mol. The van der Waals surface area contributed by atoms with Crippen molar-refractivity contribution < 1.29 is 14.3 Å². The Bertz CT molecular complexity index is 686. The highest BCUT2D eigenvalue weighted by molar-refractivity contribution is 6.30. The van der Waals surface area contributed by atoms with Crippen LogP contribution in [0.5, 0.6) is 5.88 Å². The summed E-state index contributed by atoms with van der Waals surface area (Å²) in [6.07, 6.45) is 5.27. The third-order valence-corrected chi connectivity index (χ3v) is 4.60. The van der Waals surface area contributed by atoms with Gasteiger partial charge in [-0.05, 0) is 37.3 Å². The van der Waals surface area contributed by atoms with Crippen LogP contribution in [-0.4, -0.2) is 29.6 Å². The number of aromatic nitrogens is 1. The summed E-state index contributed by atoms with van der Waals surface area (Å²) in [5.74, 6) is 0.529. The molecule has 5 nitrogen and oxygen atoms in total. The number of hydrogen-bond acceptors (Lipinski definition) is 4. The number of pyridine rings is 1. The summed E-state index contributed by atoms with van der Waals surface area (Å²) in [5, 5.41) is 3.64. The summed E-state index contributed by atoms with van der Waals surface area (Å²) in [5.41, 5.74) is 1.06. The van der Waals surface area contributed by atoms with Gasteiger partial charge in [0.2, 0.25) is 11.8 Å². The molecule has 6 heteroatoms. The van der Waals surface area contributed by atoms with Crippen LogP contribution in [0.4, 0.5) is 0 Å². The second kappa shape index (κ2) is 9.55. The Balaban J connectivity index is 1.33. The summed E-state index contributed by atoms with van der Waals surface area (Å²) in [6, 6.07) is 13.6. The SMILES string of the molecule is O=C(COCc1ccccc1)NC1CCC(Oc2ccc(Cl)cn2)CC1. The first-order valence-electron chi connectivity index (χ1n) is 8.88. The van der Waals surface area contributed by atoms with Gasteiger partial charge in [0.25, 0.3) is 0 Å². The molecule has 1 aromatic heterocycles. The Morgan fingerprint density at radius 3 is 2.58 bits per heavy atom. The lowest BCUT2D eigenvalue weighted by atomic mass is 9.93. The maximum atomic E-state index is 12.0. The number of nitrogens with one attached hydrogen (secondary N) is 1. The van der Waals surface area contributed by atoms with Crippen LogP contribution in [0.25, 0.3) is 0 Å². The van der Waals surface area contributed by atoms with E-state index in [0.29, 0.717) is 17.5 Å². The van der Waals surface area contributed by atoms with Gasteiger partial charge in [0.1, 0.15) is 12.7 Å². The summed E-state index contributed by atoms with van der Waals surface area (Å²) < 4.78 is 11.3. The first kappa shape index (κ1) is 18.7. The standard InChI is InChI=1S/C20H23ClN2O3/c21-16-6-11-20(22-12-16)26-18-9-7-17(8-10-18)23-19(24)14-25-13-15-4-2-1-3-5-15/h1-6,11-12,17-18H,7-10,13-14H2,(H,23,24). The van der Waals surface area contributed by atoms with Gasteiger partial charge in [-0.1, -0.05) is 41.9 Å². The molecule has 0 bridgehead atoms. The average Bonchev–Trinajstić information content (AvgIpc) is 2.66. The Morgan fingerprint density at radius 1 is 1.12 bits per heavy atom. The Hall–Kier alpha value is -2.11. The lowest BCUT2D eigenvalue weighted by molar-refractivity contribution is -0.127. The second-order valence-electron chi connectivity index (χ2n) is 6.45. The van der Waals surface area contributed by atoms with Crippen LogP contribution in [0, 0.1) is 0 Å². The normalized spacial score (nSPS) is 19.7. The molecule has 0 aliphatic heterocycles. The van der Waals surface area contributed by atoms with E-state index in [1.807, 2.05) is 30.3 Å². The van der Waals surface area contributed by atoms with E-state index in [2.05, 4.69) is 10.3 Å². The molecule has 1 aromatic carbocycles.